The summed E-state index contributed by atoms with van der Waals surface area (Å²) in [5.74, 6) is 0.489. The summed E-state index contributed by atoms with van der Waals surface area (Å²) in [4.78, 5) is 24.2. The molecule has 0 saturated carbocycles. The van der Waals surface area contributed by atoms with Gasteiger partial charge in [0.2, 0.25) is 5.91 Å². The van der Waals surface area contributed by atoms with E-state index >= 15 is 0 Å². The number of ether oxygens (including phenoxy) is 2. The number of carbonyl (C=O) groups is 2. The Morgan fingerprint density at radius 3 is 2.33 bits per heavy atom. The van der Waals surface area contributed by atoms with Gasteiger partial charge in [0, 0.05) is 23.8 Å². The molecule has 0 aliphatic heterocycles. The van der Waals surface area contributed by atoms with Crippen LogP contribution in [0.3, 0.4) is 0 Å². The Bertz CT molecular complexity index is 779. The summed E-state index contributed by atoms with van der Waals surface area (Å²) in [5.41, 5.74) is 1.19. The number of methoxy groups -OCH3 is 1. The summed E-state index contributed by atoms with van der Waals surface area (Å²) in [7, 11) is 3.34. The predicted molar refractivity (Wildman–Crippen MR) is 105 cm³/mol. The minimum atomic E-state index is -0.312. The number of carbonyl (C=O) groups excluding carboxylic acids is 2. The second-order valence-electron chi connectivity index (χ2n) is 6.02. The molecule has 27 heavy (non-hydrogen) atoms. The fourth-order valence-electron chi connectivity index (χ4n) is 2.42. The molecule has 3 N–H and O–H groups in total. The number of para-hydroxylation sites is 2. The molecule has 0 aromatic heterocycles. The highest BCUT2D eigenvalue weighted by molar-refractivity contribution is 5.95. The van der Waals surface area contributed by atoms with Gasteiger partial charge in [0.05, 0.1) is 7.11 Å². The lowest BCUT2D eigenvalue weighted by Crippen LogP contribution is -2.28. The van der Waals surface area contributed by atoms with Gasteiger partial charge >= 0.3 is 0 Å². The van der Waals surface area contributed by atoms with Crippen molar-refractivity contribution in [3.8, 4) is 11.5 Å². The van der Waals surface area contributed by atoms with Crippen LogP contribution in [0.15, 0.2) is 48.5 Å². The Morgan fingerprint density at radius 2 is 1.67 bits per heavy atom. The Balaban J connectivity index is 1.91. The third kappa shape index (κ3) is 6.31. The summed E-state index contributed by atoms with van der Waals surface area (Å²) in [6, 6.07) is 14.1. The number of anilines is 2. The fourth-order valence-corrected chi connectivity index (χ4v) is 2.42. The highest BCUT2D eigenvalue weighted by Gasteiger charge is 2.12. The topological polar surface area (TPSA) is 88.7 Å². The quantitative estimate of drug-likeness (QED) is 0.630. The predicted octanol–water partition coefficient (Wildman–Crippen LogP) is 2.51. The molecule has 1 unspecified atom stereocenters. The normalized spacial score (nSPS) is 11.4. The van der Waals surface area contributed by atoms with E-state index in [-0.39, 0.29) is 24.3 Å². The van der Waals surface area contributed by atoms with E-state index in [4.69, 9.17) is 9.47 Å². The van der Waals surface area contributed by atoms with Crippen LogP contribution >= 0.6 is 0 Å². The summed E-state index contributed by atoms with van der Waals surface area (Å²) in [6.07, 6.45) is 0. The lowest BCUT2D eigenvalue weighted by molar-refractivity contribution is -0.119. The number of nitrogens with one attached hydrogen (secondary N) is 3. The van der Waals surface area contributed by atoms with Crippen molar-refractivity contribution in [3.63, 3.8) is 0 Å². The molecule has 2 aromatic rings. The highest BCUT2D eigenvalue weighted by Crippen LogP contribution is 2.25. The Labute approximate surface area is 159 Å². The Kier molecular flexibility index (Phi) is 7.63. The molecule has 2 amide bonds. The molecular formula is C20H25N3O4. The van der Waals surface area contributed by atoms with E-state index in [0.717, 1.165) is 0 Å². The van der Waals surface area contributed by atoms with Gasteiger partial charge in [-0.1, -0.05) is 25.1 Å². The van der Waals surface area contributed by atoms with Crippen molar-refractivity contribution in [2.75, 3.05) is 37.9 Å². The molecule has 2 aromatic carbocycles. The molecule has 0 aliphatic carbocycles. The van der Waals surface area contributed by atoms with Gasteiger partial charge in [0.15, 0.2) is 18.1 Å². The van der Waals surface area contributed by atoms with E-state index in [1.54, 1.807) is 56.6 Å². The van der Waals surface area contributed by atoms with E-state index in [0.29, 0.717) is 29.4 Å². The zero-order valence-corrected chi connectivity index (χ0v) is 15.7. The number of hydrogen-bond acceptors (Lipinski definition) is 5. The molecule has 0 aliphatic rings. The maximum atomic E-state index is 12.1. The van der Waals surface area contributed by atoms with Gasteiger partial charge in [0.1, 0.15) is 0 Å². The SMILES string of the molecule is CNCC(C)C(=O)Nc1cccc(NC(=O)COc2ccccc2OC)c1. The number of benzene rings is 2. The van der Waals surface area contributed by atoms with Crippen molar-refractivity contribution in [1.82, 2.24) is 5.32 Å². The maximum absolute atomic E-state index is 12.1. The van der Waals surface area contributed by atoms with Gasteiger partial charge in [0.25, 0.3) is 5.91 Å². The van der Waals surface area contributed by atoms with Crippen LogP contribution in [0, 0.1) is 5.92 Å². The van der Waals surface area contributed by atoms with Gasteiger partial charge in [-0.2, -0.15) is 0 Å². The smallest absolute Gasteiger partial charge is 0.262 e. The first-order chi connectivity index (χ1) is 13.0. The minimum Gasteiger partial charge on any atom is -0.493 e. The average Bonchev–Trinajstić information content (AvgIpc) is 2.67. The van der Waals surface area contributed by atoms with Gasteiger partial charge < -0.3 is 25.4 Å². The summed E-state index contributed by atoms with van der Waals surface area (Å²) >= 11 is 0. The monoisotopic (exact) mass is 371 g/mol. The van der Waals surface area contributed by atoms with Crippen molar-refractivity contribution in [1.29, 1.82) is 0 Å². The number of hydrogen-bond donors (Lipinski definition) is 3. The molecule has 144 valence electrons. The van der Waals surface area contributed by atoms with Crippen molar-refractivity contribution >= 4 is 23.2 Å². The molecule has 0 fully saturated rings. The first-order valence-corrected chi connectivity index (χ1v) is 8.64. The van der Waals surface area contributed by atoms with E-state index in [1.165, 1.54) is 0 Å². The van der Waals surface area contributed by atoms with Crippen molar-refractivity contribution in [2.45, 2.75) is 6.92 Å². The highest BCUT2D eigenvalue weighted by atomic mass is 16.5. The second kappa shape index (κ2) is 10.2. The van der Waals surface area contributed by atoms with Gasteiger partial charge in [-0.15, -0.1) is 0 Å². The third-order valence-corrected chi connectivity index (χ3v) is 3.80. The first kappa shape index (κ1) is 20.3. The first-order valence-electron chi connectivity index (χ1n) is 8.64. The van der Waals surface area contributed by atoms with Crippen molar-refractivity contribution < 1.29 is 19.1 Å². The summed E-state index contributed by atoms with van der Waals surface area (Å²) in [5, 5.41) is 8.55. The van der Waals surface area contributed by atoms with Crippen LogP contribution in [0.1, 0.15) is 6.92 Å². The van der Waals surface area contributed by atoms with E-state index in [2.05, 4.69) is 16.0 Å². The maximum Gasteiger partial charge on any atom is 0.262 e. The fraction of sp³-hybridized carbons (Fsp3) is 0.300. The van der Waals surface area contributed by atoms with Crippen LogP contribution in [-0.2, 0) is 9.59 Å². The molecule has 0 radical (unpaired) electrons. The van der Waals surface area contributed by atoms with Gasteiger partial charge in [-0.25, -0.2) is 0 Å². The molecule has 2 rings (SSSR count). The van der Waals surface area contributed by atoms with E-state index in [1.807, 2.05) is 13.0 Å². The molecule has 0 bridgehead atoms. The summed E-state index contributed by atoms with van der Waals surface area (Å²) in [6.45, 7) is 2.27. The molecule has 7 nitrogen and oxygen atoms in total. The number of amides is 2. The van der Waals surface area contributed by atoms with Crippen molar-refractivity contribution in [2.24, 2.45) is 5.92 Å². The van der Waals surface area contributed by atoms with Crippen LogP contribution in [0.25, 0.3) is 0 Å². The van der Waals surface area contributed by atoms with Crippen LogP contribution in [0.5, 0.6) is 11.5 Å². The second-order valence-corrected chi connectivity index (χ2v) is 6.02. The van der Waals surface area contributed by atoms with Crippen LogP contribution in [0.2, 0.25) is 0 Å². The molecule has 0 heterocycles. The van der Waals surface area contributed by atoms with Crippen molar-refractivity contribution in [3.05, 3.63) is 48.5 Å². The zero-order valence-electron chi connectivity index (χ0n) is 15.7. The largest absolute Gasteiger partial charge is 0.493 e. The minimum absolute atomic E-state index is 0.0904. The van der Waals surface area contributed by atoms with Gasteiger partial charge in [-0.3, -0.25) is 9.59 Å². The standard InChI is InChI=1S/C20H25N3O4/c1-14(12-21-2)20(25)23-16-8-6-7-15(11-16)22-19(24)13-27-18-10-5-4-9-17(18)26-3/h4-11,14,21H,12-13H2,1-3H3,(H,22,24)(H,23,25). The van der Waals surface area contributed by atoms with Crippen LogP contribution in [0.4, 0.5) is 11.4 Å². The average molecular weight is 371 g/mol. The van der Waals surface area contributed by atoms with Gasteiger partial charge in [-0.05, 0) is 37.4 Å². The van der Waals surface area contributed by atoms with Crippen LogP contribution in [-0.4, -0.2) is 39.1 Å². The molecular weight excluding hydrogens is 346 g/mol. The molecule has 0 saturated heterocycles. The van der Waals surface area contributed by atoms with E-state index in [9.17, 15) is 9.59 Å². The Morgan fingerprint density at radius 1 is 1.00 bits per heavy atom. The Hall–Kier alpha value is -3.06. The summed E-state index contributed by atoms with van der Waals surface area (Å²) < 4.78 is 10.7. The van der Waals surface area contributed by atoms with E-state index < -0.39 is 0 Å². The zero-order chi connectivity index (χ0) is 19.6. The third-order valence-electron chi connectivity index (χ3n) is 3.80. The molecule has 7 heteroatoms. The lowest BCUT2D eigenvalue weighted by atomic mass is 10.1. The molecule has 1 atom stereocenters. The van der Waals surface area contributed by atoms with Crippen LogP contribution < -0.4 is 25.4 Å². The lowest BCUT2D eigenvalue weighted by Gasteiger charge is -2.13. The number of rotatable bonds is 9. The molecule has 0 spiro atoms.